The zero-order valence-corrected chi connectivity index (χ0v) is 14.4. The molecule has 2 rings (SSSR count). The fourth-order valence-electron chi connectivity index (χ4n) is 2.70. The first-order valence-corrected chi connectivity index (χ1v) is 7.95. The van der Waals surface area contributed by atoms with Gasteiger partial charge in [0.15, 0.2) is 0 Å². The molecule has 0 fully saturated rings. The zero-order valence-electron chi connectivity index (χ0n) is 12.8. The molecule has 4 heteroatoms. The van der Waals surface area contributed by atoms with E-state index in [1.165, 1.54) is 0 Å². The third kappa shape index (κ3) is 3.26. The Balaban J connectivity index is 2.88. The van der Waals surface area contributed by atoms with Gasteiger partial charge in [-0.15, -0.1) is 0 Å². The van der Waals surface area contributed by atoms with E-state index >= 15 is 0 Å². The van der Waals surface area contributed by atoms with Crippen molar-refractivity contribution in [2.45, 2.75) is 40.0 Å². The van der Waals surface area contributed by atoms with Crippen molar-refractivity contribution in [2.24, 2.45) is 5.92 Å². The van der Waals surface area contributed by atoms with Crippen LogP contribution in [-0.4, -0.2) is 16.1 Å². The Morgan fingerprint density at radius 1 is 1.29 bits per heavy atom. The summed E-state index contributed by atoms with van der Waals surface area (Å²) in [6.07, 6.45) is 0.791. The number of halogens is 1. The molecule has 0 atom stereocenters. The van der Waals surface area contributed by atoms with Crippen molar-refractivity contribution < 1.29 is 9.90 Å². The SMILES string of the molecule is CC(C)Cc1nc2ccc(Br)cc2c(C(=O)O)c1C(C)C. The normalized spacial score (nSPS) is 11.6. The van der Waals surface area contributed by atoms with Crippen LogP contribution in [0.15, 0.2) is 22.7 Å². The molecule has 0 bridgehead atoms. The topological polar surface area (TPSA) is 50.2 Å². The van der Waals surface area contributed by atoms with Gasteiger partial charge in [0.05, 0.1) is 11.1 Å². The van der Waals surface area contributed by atoms with Gasteiger partial charge in [0.1, 0.15) is 0 Å². The highest BCUT2D eigenvalue weighted by molar-refractivity contribution is 9.10. The molecule has 2 aromatic rings. The summed E-state index contributed by atoms with van der Waals surface area (Å²) in [5.74, 6) is -0.320. The molecule has 0 amide bonds. The zero-order chi connectivity index (χ0) is 15.7. The van der Waals surface area contributed by atoms with E-state index in [-0.39, 0.29) is 5.92 Å². The molecule has 0 aliphatic carbocycles. The first kappa shape index (κ1) is 16.0. The molecule has 1 aromatic carbocycles. The molecule has 3 nitrogen and oxygen atoms in total. The largest absolute Gasteiger partial charge is 0.478 e. The molecule has 0 saturated heterocycles. The number of carbonyl (C=O) groups is 1. The lowest BCUT2D eigenvalue weighted by Crippen LogP contribution is -2.12. The van der Waals surface area contributed by atoms with E-state index in [2.05, 4.69) is 29.8 Å². The molecule has 1 heterocycles. The molecule has 1 N–H and O–H groups in total. The van der Waals surface area contributed by atoms with Crippen LogP contribution in [0.3, 0.4) is 0 Å². The average Bonchev–Trinajstić information content (AvgIpc) is 2.36. The minimum atomic E-state index is -0.880. The molecule has 0 radical (unpaired) electrons. The lowest BCUT2D eigenvalue weighted by molar-refractivity contribution is 0.0697. The second-order valence-corrected chi connectivity index (χ2v) is 6.98. The van der Waals surface area contributed by atoms with E-state index in [0.29, 0.717) is 16.9 Å². The van der Waals surface area contributed by atoms with Gasteiger partial charge >= 0.3 is 5.97 Å². The molecular weight excluding hydrogens is 330 g/mol. The van der Waals surface area contributed by atoms with Crippen molar-refractivity contribution in [3.63, 3.8) is 0 Å². The van der Waals surface area contributed by atoms with Crippen LogP contribution in [0.4, 0.5) is 0 Å². The maximum absolute atomic E-state index is 11.8. The molecule has 0 aliphatic heterocycles. The number of aromatic carboxylic acids is 1. The lowest BCUT2D eigenvalue weighted by Gasteiger charge is -2.18. The first-order chi connectivity index (χ1) is 9.81. The number of rotatable bonds is 4. The molecular formula is C17H20BrNO2. The Hall–Kier alpha value is -1.42. The molecule has 0 saturated carbocycles. The highest BCUT2D eigenvalue weighted by atomic mass is 79.9. The Kier molecular flexibility index (Phi) is 4.67. The van der Waals surface area contributed by atoms with Crippen LogP contribution in [0.5, 0.6) is 0 Å². The number of fused-ring (bicyclic) bond motifs is 1. The van der Waals surface area contributed by atoms with Gasteiger partial charge in [0, 0.05) is 15.6 Å². The van der Waals surface area contributed by atoms with Crippen LogP contribution in [-0.2, 0) is 6.42 Å². The smallest absolute Gasteiger partial charge is 0.336 e. The summed E-state index contributed by atoms with van der Waals surface area (Å²) in [6, 6.07) is 5.62. The van der Waals surface area contributed by atoms with Crippen molar-refractivity contribution in [2.75, 3.05) is 0 Å². The Morgan fingerprint density at radius 2 is 1.95 bits per heavy atom. The monoisotopic (exact) mass is 349 g/mol. The van der Waals surface area contributed by atoms with E-state index in [4.69, 9.17) is 4.98 Å². The van der Waals surface area contributed by atoms with Gasteiger partial charge in [0.2, 0.25) is 0 Å². The van der Waals surface area contributed by atoms with Gasteiger partial charge in [-0.05, 0) is 42.0 Å². The predicted octanol–water partition coefficient (Wildman–Crippen LogP) is 5.02. The number of benzene rings is 1. The molecule has 21 heavy (non-hydrogen) atoms. The van der Waals surface area contributed by atoms with Crippen molar-refractivity contribution in [1.29, 1.82) is 0 Å². The molecule has 0 unspecified atom stereocenters. The quantitative estimate of drug-likeness (QED) is 0.843. The summed E-state index contributed by atoms with van der Waals surface area (Å²) in [7, 11) is 0. The van der Waals surface area contributed by atoms with Gasteiger partial charge in [-0.3, -0.25) is 4.98 Å². The number of carboxylic acids is 1. The Morgan fingerprint density at radius 3 is 2.48 bits per heavy atom. The van der Waals surface area contributed by atoms with Crippen LogP contribution in [0.25, 0.3) is 10.9 Å². The average molecular weight is 350 g/mol. The van der Waals surface area contributed by atoms with E-state index in [1.54, 1.807) is 0 Å². The van der Waals surface area contributed by atoms with Crippen LogP contribution in [0.1, 0.15) is 55.2 Å². The van der Waals surface area contributed by atoms with Crippen molar-refractivity contribution in [3.05, 3.63) is 39.5 Å². The van der Waals surface area contributed by atoms with E-state index < -0.39 is 5.97 Å². The summed E-state index contributed by atoms with van der Waals surface area (Å²) in [5.41, 5.74) is 2.91. The number of nitrogens with zero attached hydrogens (tertiary/aromatic N) is 1. The van der Waals surface area contributed by atoms with E-state index in [0.717, 1.165) is 27.7 Å². The minimum absolute atomic E-state index is 0.126. The van der Waals surface area contributed by atoms with Crippen LogP contribution in [0, 0.1) is 5.92 Å². The predicted molar refractivity (Wildman–Crippen MR) is 89.0 cm³/mol. The number of hydrogen-bond donors (Lipinski definition) is 1. The third-order valence-electron chi connectivity index (χ3n) is 3.46. The summed E-state index contributed by atoms with van der Waals surface area (Å²) in [6.45, 7) is 8.30. The fourth-order valence-corrected chi connectivity index (χ4v) is 3.06. The highest BCUT2D eigenvalue weighted by Gasteiger charge is 2.22. The van der Waals surface area contributed by atoms with Crippen LogP contribution >= 0.6 is 15.9 Å². The summed E-state index contributed by atoms with van der Waals surface area (Å²) >= 11 is 3.42. The summed E-state index contributed by atoms with van der Waals surface area (Å²) in [5, 5.41) is 10.4. The van der Waals surface area contributed by atoms with Crippen molar-refractivity contribution in [3.8, 4) is 0 Å². The highest BCUT2D eigenvalue weighted by Crippen LogP contribution is 2.32. The summed E-state index contributed by atoms with van der Waals surface area (Å²) in [4.78, 5) is 16.6. The molecule has 1 aromatic heterocycles. The number of carboxylic acid groups (broad SMARTS) is 1. The van der Waals surface area contributed by atoms with Gasteiger partial charge in [-0.25, -0.2) is 4.79 Å². The Labute approximate surface area is 133 Å². The van der Waals surface area contributed by atoms with Gasteiger partial charge < -0.3 is 5.11 Å². The number of hydrogen-bond acceptors (Lipinski definition) is 2. The molecule has 0 aliphatic rings. The Bertz CT molecular complexity index is 693. The standard InChI is InChI=1S/C17H20BrNO2/c1-9(2)7-14-15(10(3)4)16(17(20)21)12-8-11(18)5-6-13(12)19-14/h5-6,8-10H,7H2,1-4H3,(H,20,21). The van der Waals surface area contributed by atoms with Gasteiger partial charge in [0.25, 0.3) is 0 Å². The first-order valence-electron chi connectivity index (χ1n) is 7.16. The van der Waals surface area contributed by atoms with Crippen LogP contribution in [0.2, 0.25) is 0 Å². The maximum atomic E-state index is 11.8. The lowest BCUT2D eigenvalue weighted by atomic mass is 9.89. The third-order valence-corrected chi connectivity index (χ3v) is 3.95. The minimum Gasteiger partial charge on any atom is -0.478 e. The number of pyridine rings is 1. The van der Waals surface area contributed by atoms with Crippen molar-refractivity contribution in [1.82, 2.24) is 4.98 Å². The molecule has 0 spiro atoms. The van der Waals surface area contributed by atoms with Crippen molar-refractivity contribution >= 4 is 32.8 Å². The second kappa shape index (κ2) is 6.14. The summed E-state index contributed by atoms with van der Waals surface area (Å²) < 4.78 is 0.866. The van der Waals surface area contributed by atoms with E-state index in [9.17, 15) is 9.90 Å². The maximum Gasteiger partial charge on any atom is 0.336 e. The van der Waals surface area contributed by atoms with Gasteiger partial charge in [-0.1, -0.05) is 43.6 Å². The van der Waals surface area contributed by atoms with E-state index in [1.807, 2.05) is 32.0 Å². The molecule has 112 valence electrons. The van der Waals surface area contributed by atoms with Gasteiger partial charge in [-0.2, -0.15) is 0 Å². The van der Waals surface area contributed by atoms with Crippen LogP contribution < -0.4 is 0 Å². The second-order valence-electron chi connectivity index (χ2n) is 6.07. The fraction of sp³-hybridized carbons (Fsp3) is 0.412. The number of aromatic nitrogens is 1.